The molecule has 1 N–H and O–H groups in total. The van der Waals surface area contributed by atoms with Gasteiger partial charge in [-0.05, 0) is 57.7 Å². The van der Waals surface area contributed by atoms with Crippen LogP contribution in [0.5, 0.6) is 0 Å². The number of likely N-dealkylation sites (tertiary alicyclic amines) is 1. The standard InChI is InChI=1S/C18H27NO2/c1-13-7-8-16(14(2)10-13)11-17(12-18(20)21)19-9-5-4-6-15(19)3/h7-8,10,15,17H,4-6,9,11-12H2,1-3H3,(H,20,21). The molecule has 0 amide bonds. The van der Waals surface area contributed by atoms with Gasteiger partial charge < -0.3 is 5.11 Å². The predicted molar refractivity (Wildman–Crippen MR) is 85.7 cm³/mol. The monoisotopic (exact) mass is 289 g/mol. The second-order valence-electron chi connectivity index (χ2n) is 6.47. The predicted octanol–water partition coefficient (Wildman–Crippen LogP) is 3.56. The second kappa shape index (κ2) is 7.08. The van der Waals surface area contributed by atoms with Crippen LogP contribution in [0.3, 0.4) is 0 Å². The Labute approximate surface area is 128 Å². The molecule has 116 valence electrons. The number of carbonyl (C=O) groups is 1. The van der Waals surface area contributed by atoms with E-state index in [0.29, 0.717) is 6.04 Å². The van der Waals surface area contributed by atoms with E-state index >= 15 is 0 Å². The number of piperidine rings is 1. The van der Waals surface area contributed by atoms with Crippen LogP contribution in [0.4, 0.5) is 0 Å². The van der Waals surface area contributed by atoms with Crippen LogP contribution in [0.2, 0.25) is 0 Å². The Balaban J connectivity index is 2.17. The summed E-state index contributed by atoms with van der Waals surface area (Å²) in [7, 11) is 0. The maximum absolute atomic E-state index is 11.3. The molecule has 0 bridgehead atoms. The van der Waals surface area contributed by atoms with Gasteiger partial charge in [-0.2, -0.15) is 0 Å². The molecule has 0 aromatic heterocycles. The van der Waals surface area contributed by atoms with Crippen molar-refractivity contribution in [3.05, 3.63) is 34.9 Å². The molecule has 3 nitrogen and oxygen atoms in total. The smallest absolute Gasteiger partial charge is 0.304 e. The van der Waals surface area contributed by atoms with E-state index in [4.69, 9.17) is 0 Å². The number of hydrogen-bond donors (Lipinski definition) is 1. The van der Waals surface area contributed by atoms with Gasteiger partial charge in [-0.3, -0.25) is 9.69 Å². The van der Waals surface area contributed by atoms with E-state index in [-0.39, 0.29) is 12.5 Å². The van der Waals surface area contributed by atoms with Gasteiger partial charge in [-0.15, -0.1) is 0 Å². The van der Waals surface area contributed by atoms with Crippen molar-refractivity contribution in [3.63, 3.8) is 0 Å². The summed E-state index contributed by atoms with van der Waals surface area (Å²) in [5.41, 5.74) is 3.82. The molecule has 0 radical (unpaired) electrons. The van der Waals surface area contributed by atoms with Crippen LogP contribution >= 0.6 is 0 Å². The lowest BCUT2D eigenvalue weighted by molar-refractivity contribution is -0.138. The van der Waals surface area contributed by atoms with Crippen molar-refractivity contribution in [2.75, 3.05) is 6.54 Å². The molecule has 2 atom stereocenters. The summed E-state index contributed by atoms with van der Waals surface area (Å²) in [6.45, 7) is 7.48. The number of carboxylic acid groups (broad SMARTS) is 1. The van der Waals surface area contributed by atoms with Crippen LogP contribution in [0.25, 0.3) is 0 Å². The molecule has 1 aromatic rings. The minimum atomic E-state index is -0.692. The summed E-state index contributed by atoms with van der Waals surface area (Å²) in [5.74, 6) is -0.692. The van der Waals surface area contributed by atoms with Crippen molar-refractivity contribution in [3.8, 4) is 0 Å². The first-order chi connectivity index (χ1) is 9.97. The molecule has 1 saturated heterocycles. The Hall–Kier alpha value is -1.35. The first kappa shape index (κ1) is 16.0. The van der Waals surface area contributed by atoms with Crippen molar-refractivity contribution >= 4 is 5.97 Å². The molecule has 0 spiro atoms. The number of carboxylic acids is 1. The molecular formula is C18H27NO2. The molecular weight excluding hydrogens is 262 g/mol. The quantitative estimate of drug-likeness (QED) is 0.901. The van der Waals surface area contributed by atoms with Crippen molar-refractivity contribution in [1.29, 1.82) is 0 Å². The summed E-state index contributed by atoms with van der Waals surface area (Å²) in [6, 6.07) is 7.08. The summed E-state index contributed by atoms with van der Waals surface area (Å²) in [5, 5.41) is 9.27. The lowest BCUT2D eigenvalue weighted by Crippen LogP contribution is -2.46. The van der Waals surface area contributed by atoms with E-state index in [1.165, 1.54) is 36.0 Å². The number of benzene rings is 1. The van der Waals surface area contributed by atoms with Crippen molar-refractivity contribution in [1.82, 2.24) is 4.90 Å². The first-order valence-corrected chi connectivity index (χ1v) is 8.01. The highest BCUT2D eigenvalue weighted by atomic mass is 16.4. The van der Waals surface area contributed by atoms with E-state index in [2.05, 4.69) is 43.9 Å². The molecule has 0 aliphatic carbocycles. The highest BCUT2D eigenvalue weighted by Crippen LogP contribution is 2.24. The molecule has 1 aromatic carbocycles. The zero-order chi connectivity index (χ0) is 15.4. The molecule has 1 fully saturated rings. The van der Waals surface area contributed by atoms with Crippen LogP contribution in [-0.2, 0) is 11.2 Å². The van der Waals surface area contributed by atoms with Crippen molar-refractivity contribution < 1.29 is 9.90 Å². The number of hydrogen-bond acceptors (Lipinski definition) is 2. The minimum absolute atomic E-state index is 0.110. The van der Waals surface area contributed by atoms with Gasteiger partial charge in [0.1, 0.15) is 0 Å². The Bertz CT molecular complexity index is 498. The van der Waals surface area contributed by atoms with Gasteiger partial charge in [0.05, 0.1) is 6.42 Å². The number of aliphatic carboxylic acids is 1. The molecule has 2 unspecified atom stereocenters. The third-order valence-corrected chi connectivity index (χ3v) is 4.69. The van der Waals surface area contributed by atoms with E-state index in [1.807, 2.05) is 0 Å². The van der Waals surface area contributed by atoms with E-state index in [0.717, 1.165) is 13.0 Å². The number of rotatable bonds is 5. The van der Waals surface area contributed by atoms with Gasteiger partial charge in [0.15, 0.2) is 0 Å². The Morgan fingerprint density at radius 2 is 2.14 bits per heavy atom. The Kier molecular flexibility index (Phi) is 5.40. The zero-order valence-corrected chi connectivity index (χ0v) is 13.4. The molecule has 3 heteroatoms. The molecule has 21 heavy (non-hydrogen) atoms. The normalized spacial score (nSPS) is 21.2. The van der Waals surface area contributed by atoms with Gasteiger partial charge in [0.2, 0.25) is 0 Å². The maximum Gasteiger partial charge on any atom is 0.304 e. The second-order valence-corrected chi connectivity index (χ2v) is 6.47. The van der Waals surface area contributed by atoms with Gasteiger partial charge in [-0.25, -0.2) is 0 Å². The topological polar surface area (TPSA) is 40.5 Å². The zero-order valence-electron chi connectivity index (χ0n) is 13.4. The average Bonchev–Trinajstić information content (AvgIpc) is 2.41. The van der Waals surface area contributed by atoms with E-state index in [1.54, 1.807) is 0 Å². The van der Waals surface area contributed by atoms with Gasteiger partial charge >= 0.3 is 5.97 Å². The Morgan fingerprint density at radius 1 is 1.38 bits per heavy atom. The van der Waals surface area contributed by atoms with Crippen LogP contribution in [0, 0.1) is 13.8 Å². The maximum atomic E-state index is 11.3. The third-order valence-electron chi connectivity index (χ3n) is 4.69. The fourth-order valence-electron chi connectivity index (χ4n) is 3.50. The Morgan fingerprint density at radius 3 is 2.76 bits per heavy atom. The van der Waals surface area contributed by atoms with Crippen LogP contribution < -0.4 is 0 Å². The van der Waals surface area contributed by atoms with Crippen molar-refractivity contribution in [2.24, 2.45) is 0 Å². The van der Waals surface area contributed by atoms with Gasteiger partial charge in [0.25, 0.3) is 0 Å². The number of aryl methyl sites for hydroxylation is 2. The van der Waals surface area contributed by atoms with Crippen LogP contribution in [-0.4, -0.2) is 34.6 Å². The lowest BCUT2D eigenvalue weighted by atomic mass is 9.93. The molecule has 1 aliphatic heterocycles. The van der Waals surface area contributed by atoms with Crippen LogP contribution in [0.1, 0.15) is 49.3 Å². The van der Waals surface area contributed by atoms with E-state index < -0.39 is 5.97 Å². The van der Waals surface area contributed by atoms with E-state index in [9.17, 15) is 9.90 Å². The summed E-state index contributed by atoms with van der Waals surface area (Å²) in [4.78, 5) is 13.7. The summed E-state index contributed by atoms with van der Waals surface area (Å²) in [6.07, 6.45) is 4.71. The highest BCUT2D eigenvalue weighted by molar-refractivity contribution is 5.67. The third kappa shape index (κ3) is 4.31. The highest BCUT2D eigenvalue weighted by Gasteiger charge is 2.28. The lowest BCUT2D eigenvalue weighted by Gasteiger charge is -2.39. The largest absolute Gasteiger partial charge is 0.481 e. The van der Waals surface area contributed by atoms with Gasteiger partial charge in [-0.1, -0.05) is 30.2 Å². The molecule has 1 heterocycles. The van der Waals surface area contributed by atoms with Crippen molar-refractivity contribution in [2.45, 2.75) is 65.0 Å². The number of nitrogens with zero attached hydrogens (tertiary/aromatic N) is 1. The average molecular weight is 289 g/mol. The minimum Gasteiger partial charge on any atom is -0.481 e. The molecule has 1 aliphatic rings. The summed E-state index contributed by atoms with van der Waals surface area (Å²) < 4.78 is 0. The fourth-order valence-corrected chi connectivity index (χ4v) is 3.50. The first-order valence-electron chi connectivity index (χ1n) is 8.01. The molecule has 0 saturated carbocycles. The SMILES string of the molecule is Cc1ccc(CC(CC(=O)O)N2CCCCC2C)c(C)c1. The summed E-state index contributed by atoms with van der Waals surface area (Å²) >= 11 is 0. The molecule has 2 rings (SSSR count). The van der Waals surface area contributed by atoms with Crippen LogP contribution in [0.15, 0.2) is 18.2 Å². The fraction of sp³-hybridized carbons (Fsp3) is 0.611. The van der Waals surface area contributed by atoms with Gasteiger partial charge in [0, 0.05) is 12.1 Å².